The van der Waals surface area contributed by atoms with Crippen molar-refractivity contribution in [2.75, 3.05) is 11.0 Å². The number of sulfonamides is 1. The Morgan fingerprint density at radius 2 is 1.89 bits per heavy atom. The lowest BCUT2D eigenvalue weighted by atomic mass is 10.2. The molecule has 0 aliphatic rings. The lowest BCUT2D eigenvalue weighted by Gasteiger charge is -2.10. The third-order valence-corrected chi connectivity index (χ3v) is 4.55. The quantitative estimate of drug-likeness (QED) is 0.448. The number of halogens is 4. The minimum atomic E-state index is -4.55. The average Bonchev–Trinajstić information content (AvgIpc) is 2.34. The Morgan fingerprint density at radius 1 is 1.21 bits per heavy atom. The molecule has 0 amide bonds. The number of alkyl halides is 4. The summed E-state index contributed by atoms with van der Waals surface area (Å²) in [6.07, 6.45) is -3.04. The van der Waals surface area contributed by atoms with Gasteiger partial charge >= 0.3 is 6.18 Å². The van der Waals surface area contributed by atoms with Gasteiger partial charge in [0.15, 0.2) is 0 Å². The smallest absolute Gasteiger partial charge is 0.211 e. The Morgan fingerprint density at radius 3 is 2.47 bits per heavy atom. The molecule has 0 radical (unpaired) electrons. The van der Waals surface area contributed by atoms with E-state index in [-0.39, 0.29) is 11.4 Å². The van der Waals surface area contributed by atoms with Gasteiger partial charge in [0.1, 0.15) is 0 Å². The number of nitrogens with one attached hydrogen (secondary N) is 1. The first-order chi connectivity index (χ1) is 8.77. The molecule has 0 aliphatic heterocycles. The molecule has 8 heteroatoms. The van der Waals surface area contributed by atoms with Gasteiger partial charge < -0.3 is 0 Å². The molecule has 0 fully saturated rings. The van der Waals surface area contributed by atoms with Gasteiger partial charge in [0.2, 0.25) is 10.0 Å². The molecule has 0 unspecified atom stereocenters. The van der Waals surface area contributed by atoms with Gasteiger partial charge in [-0.3, -0.25) is 0 Å². The minimum Gasteiger partial charge on any atom is -0.211 e. The molecule has 0 saturated heterocycles. The summed E-state index contributed by atoms with van der Waals surface area (Å²) in [5.74, 6) is 0. The summed E-state index contributed by atoms with van der Waals surface area (Å²) in [6, 6.07) is 3.72. The van der Waals surface area contributed by atoms with E-state index in [1.54, 1.807) is 0 Å². The maximum absolute atomic E-state index is 12.5. The fraction of sp³-hybridized carbons (Fsp3) is 0.455. The molecule has 108 valence electrons. The third-order valence-electron chi connectivity index (χ3n) is 2.32. The molecule has 0 aliphatic carbocycles. The van der Waals surface area contributed by atoms with Crippen LogP contribution in [0.15, 0.2) is 29.2 Å². The molecule has 3 nitrogen and oxygen atoms in total. The molecule has 0 saturated carbocycles. The molecule has 0 spiro atoms. The zero-order valence-corrected chi connectivity index (χ0v) is 12.8. The van der Waals surface area contributed by atoms with Crippen LogP contribution in [-0.4, -0.2) is 19.4 Å². The topological polar surface area (TPSA) is 46.2 Å². The van der Waals surface area contributed by atoms with E-state index in [2.05, 4.69) is 27.3 Å². The van der Waals surface area contributed by atoms with Crippen LogP contribution in [0.1, 0.15) is 18.4 Å². The first-order valence-corrected chi connectivity index (χ1v) is 8.51. The number of hydrogen-bond donors (Lipinski definition) is 1. The monoisotopic (exact) mass is 407 g/mol. The normalized spacial score (nSPS) is 12.6. The van der Waals surface area contributed by atoms with Crippen LogP contribution in [0.4, 0.5) is 13.2 Å². The number of benzene rings is 1. The predicted octanol–water partition coefficient (Wildman–Crippen LogP) is 3.20. The molecule has 1 N–H and O–H groups in total. The van der Waals surface area contributed by atoms with Crippen molar-refractivity contribution in [2.45, 2.75) is 23.9 Å². The summed E-state index contributed by atoms with van der Waals surface area (Å²) in [4.78, 5) is -0.364. The van der Waals surface area contributed by atoms with E-state index in [0.29, 0.717) is 12.5 Å². The fourth-order valence-electron chi connectivity index (χ4n) is 1.35. The Kier molecular flexibility index (Phi) is 6.06. The molecule has 1 aromatic carbocycles. The van der Waals surface area contributed by atoms with Crippen LogP contribution in [-0.2, 0) is 16.2 Å². The molecular weight excluding hydrogens is 394 g/mol. The van der Waals surface area contributed by atoms with Crippen LogP contribution in [0.3, 0.4) is 0 Å². The van der Waals surface area contributed by atoms with Gasteiger partial charge in [-0.25, -0.2) is 13.1 Å². The van der Waals surface area contributed by atoms with Crippen molar-refractivity contribution in [1.29, 1.82) is 0 Å². The highest BCUT2D eigenvalue weighted by molar-refractivity contribution is 14.1. The van der Waals surface area contributed by atoms with E-state index in [1.807, 2.05) is 0 Å². The van der Waals surface area contributed by atoms with E-state index in [0.717, 1.165) is 29.0 Å². The zero-order chi connectivity index (χ0) is 14.5. The lowest BCUT2D eigenvalue weighted by Crippen LogP contribution is -2.25. The Balaban J connectivity index is 2.84. The lowest BCUT2D eigenvalue weighted by molar-refractivity contribution is -0.137. The number of hydrogen-bond acceptors (Lipinski definition) is 2. The van der Waals surface area contributed by atoms with Gasteiger partial charge in [-0.05, 0) is 35.5 Å². The molecule has 1 rings (SSSR count). The Labute approximate surface area is 123 Å². The van der Waals surface area contributed by atoms with Crippen LogP contribution in [0.5, 0.6) is 0 Å². The summed E-state index contributed by atoms with van der Waals surface area (Å²) >= 11 is 2.17. The Hall–Kier alpha value is -0.350. The number of rotatable bonds is 6. The van der Waals surface area contributed by atoms with Crippen LogP contribution >= 0.6 is 22.6 Å². The summed E-state index contributed by atoms with van der Waals surface area (Å²) in [7, 11) is -3.88. The van der Waals surface area contributed by atoms with Gasteiger partial charge in [-0.15, -0.1) is 0 Å². The molecule has 1 aromatic rings. The van der Waals surface area contributed by atoms with Crippen molar-refractivity contribution >= 4 is 32.6 Å². The zero-order valence-electron chi connectivity index (χ0n) is 9.87. The van der Waals surface area contributed by atoms with Crippen molar-refractivity contribution < 1.29 is 21.6 Å². The van der Waals surface area contributed by atoms with Gasteiger partial charge in [0.25, 0.3) is 0 Å². The van der Waals surface area contributed by atoms with Gasteiger partial charge in [-0.2, -0.15) is 13.2 Å². The molecule has 0 heterocycles. The van der Waals surface area contributed by atoms with E-state index < -0.39 is 21.8 Å². The van der Waals surface area contributed by atoms with Gasteiger partial charge in [-0.1, -0.05) is 28.7 Å². The van der Waals surface area contributed by atoms with E-state index >= 15 is 0 Å². The van der Waals surface area contributed by atoms with Crippen molar-refractivity contribution in [3.8, 4) is 0 Å². The molecule has 19 heavy (non-hydrogen) atoms. The van der Waals surface area contributed by atoms with E-state index in [1.165, 1.54) is 0 Å². The average molecular weight is 407 g/mol. The largest absolute Gasteiger partial charge is 0.416 e. The summed E-state index contributed by atoms with van der Waals surface area (Å²) in [5.41, 5.74) is -0.970. The van der Waals surface area contributed by atoms with Crippen LogP contribution in [0.25, 0.3) is 0 Å². The van der Waals surface area contributed by atoms with Crippen LogP contribution < -0.4 is 4.72 Å². The maximum atomic E-state index is 12.5. The minimum absolute atomic E-state index is 0.224. The van der Waals surface area contributed by atoms with E-state index in [9.17, 15) is 21.6 Å². The standard InChI is InChI=1S/C11H13F3INO2S/c12-11(13,14)9-4-3-5-10(8-9)19(17,18)16-7-2-1-6-15/h3-5,8,16H,1-2,6-7H2. The van der Waals surface area contributed by atoms with Crippen molar-refractivity contribution in [3.05, 3.63) is 29.8 Å². The molecular formula is C11H13F3INO2S. The second-order valence-corrected chi connectivity index (χ2v) is 6.67. The summed E-state index contributed by atoms with van der Waals surface area (Å²) < 4.78 is 64.3. The van der Waals surface area contributed by atoms with Crippen LogP contribution in [0, 0.1) is 0 Å². The van der Waals surface area contributed by atoms with Crippen molar-refractivity contribution in [3.63, 3.8) is 0 Å². The van der Waals surface area contributed by atoms with Crippen molar-refractivity contribution in [2.24, 2.45) is 0 Å². The maximum Gasteiger partial charge on any atom is 0.416 e. The highest BCUT2D eigenvalue weighted by Gasteiger charge is 2.31. The van der Waals surface area contributed by atoms with Gasteiger partial charge in [0.05, 0.1) is 10.5 Å². The van der Waals surface area contributed by atoms with Crippen molar-refractivity contribution in [1.82, 2.24) is 4.72 Å². The first-order valence-electron chi connectivity index (χ1n) is 5.50. The molecule has 0 atom stereocenters. The van der Waals surface area contributed by atoms with Gasteiger partial charge in [0, 0.05) is 6.54 Å². The predicted molar refractivity (Wildman–Crippen MR) is 74.8 cm³/mol. The highest BCUT2D eigenvalue weighted by Crippen LogP contribution is 2.30. The summed E-state index contributed by atoms with van der Waals surface area (Å²) in [5, 5.41) is 0. The second-order valence-electron chi connectivity index (χ2n) is 3.82. The molecule has 0 aromatic heterocycles. The Bertz CT molecular complexity index is 517. The SMILES string of the molecule is O=S(=O)(NCCCCI)c1cccc(C(F)(F)F)c1. The third kappa shape index (κ3) is 5.27. The van der Waals surface area contributed by atoms with E-state index in [4.69, 9.17) is 0 Å². The second kappa shape index (κ2) is 6.89. The fourth-order valence-corrected chi connectivity index (χ4v) is 3.01. The first kappa shape index (κ1) is 16.7. The highest BCUT2D eigenvalue weighted by atomic mass is 127. The summed E-state index contributed by atoms with van der Waals surface area (Å²) in [6.45, 7) is 0.224. The molecule has 0 bridgehead atoms. The number of unbranched alkanes of at least 4 members (excludes halogenated alkanes) is 1. The van der Waals surface area contributed by atoms with Crippen LogP contribution in [0.2, 0.25) is 0 Å².